The predicted octanol–water partition coefficient (Wildman–Crippen LogP) is 5.50. The molecule has 0 heterocycles. The van der Waals surface area contributed by atoms with Crippen molar-refractivity contribution in [2.75, 3.05) is 0 Å². The lowest BCUT2D eigenvalue weighted by Crippen LogP contribution is -2.63. The number of fused-ring (bicyclic) bond motifs is 5. The van der Waals surface area contributed by atoms with Crippen LogP contribution < -0.4 is 0 Å². The van der Waals surface area contributed by atoms with Gasteiger partial charge in [-0.25, -0.2) is 0 Å². The summed E-state index contributed by atoms with van der Waals surface area (Å²) in [6.45, 7) is 14.0. The molecule has 0 aromatic carbocycles. The second-order valence-corrected chi connectivity index (χ2v) is 12.5. The molecule has 10 atom stereocenters. The van der Waals surface area contributed by atoms with Crippen LogP contribution in [0, 0.1) is 46.3 Å². The molecule has 0 bridgehead atoms. The molecule has 0 aliphatic heterocycles. The van der Waals surface area contributed by atoms with Crippen molar-refractivity contribution in [2.45, 2.75) is 104 Å². The topological polar surface area (TPSA) is 60.7 Å². The van der Waals surface area contributed by atoms with Crippen molar-refractivity contribution in [3.05, 3.63) is 23.8 Å². The van der Waals surface area contributed by atoms with Gasteiger partial charge in [-0.3, -0.25) is 0 Å². The average Bonchev–Trinajstić information content (AvgIpc) is 3.05. The lowest BCUT2D eigenvalue weighted by Gasteiger charge is -2.62. The van der Waals surface area contributed by atoms with Gasteiger partial charge in [-0.05, 0) is 91.4 Å². The van der Waals surface area contributed by atoms with Gasteiger partial charge in [-0.1, -0.05) is 59.8 Å². The van der Waals surface area contributed by atoms with Crippen molar-refractivity contribution < 1.29 is 15.3 Å². The molecule has 4 aliphatic rings. The first-order valence-corrected chi connectivity index (χ1v) is 12.9. The Morgan fingerprint density at radius 1 is 1.00 bits per heavy atom. The standard InChI is InChI=1S/C28H46O3/c1-17(2)18(3)7-8-19(4)21-11-12-22-23-10-9-20-15-24(29)25(30)16-27(20,6)28(23,31)14-13-26(21,22)5/h7-8,10,17-22,24-25,29-31H,9,11-16H2,1-6H3/b8-7+/t18-,19+,20?,21+,22-,24-,25-,26+,27-,28+/m0/s1. The van der Waals surface area contributed by atoms with Crippen LogP contribution in [0.2, 0.25) is 0 Å². The first-order valence-electron chi connectivity index (χ1n) is 12.9. The fourth-order valence-corrected chi connectivity index (χ4v) is 8.09. The van der Waals surface area contributed by atoms with Crippen LogP contribution in [0.15, 0.2) is 23.8 Å². The number of rotatable bonds is 4. The van der Waals surface area contributed by atoms with Crippen LogP contribution in [-0.4, -0.2) is 33.1 Å². The van der Waals surface area contributed by atoms with Gasteiger partial charge in [0.1, 0.15) is 0 Å². The van der Waals surface area contributed by atoms with Gasteiger partial charge in [0.2, 0.25) is 0 Å². The molecule has 3 N–H and O–H groups in total. The Hall–Kier alpha value is -0.640. The highest BCUT2D eigenvalue weighted by Gasteiger charge is 2.65. The third-order valence-electron chi connectivity index (χ3n) is 10.8. The Bertz CT molecular complexity index is 741. The van der Waals surface area contributed by atoms with E-state index < -0.39 is 17.8 Å². The molecule has 0 amide bonds. The minimum absolute atomic E-state index is 0.235. The molecule has 0 aromatic heterocycles. The van der Waals surface area contributed by atoms with Crippen LogP contribution in [-0.2, 0) is 0 Å². The van der Waals surface area contributed by atoms with Crippen LogP contribution >= 0.6 is 0 Å². The second-order valence-electron chi connectivity index (χ2n) is 12.5. The maximum absolute atomic E-state index is 12.2. The first-order chi connectivity index (χ1) is 14.4. The fraction of sp³-hybridized carbons (Fsp3) is 0.857. The molecule has 0 radical (unpaired) electrons. The third-order valence-corrected chi connectivity index (χ3v) is 10.8. The van der Waals surface area contributed by atoms with Gasteiger partial charge in [0, 0.05) is 5.41 Å². The summed E-state index contributed by atoms with van der Waals surface area (Å²) >= 11 is 0. The van der Waals surface area contributed by atoms with Gasteiger partial charge in [0.05, 0.1) is 17.8 Å². The van der Waals surface area contributed by atoms with Crippen molar-refractivity contribution in [1.29, 1.82) is 0 Å². The molecule has 3 nitrogen and oxygen atoms in total. The highest BCUT2D eigenvalue weighted by atomic mass is 16.3. The maximum Gasteiger partial charge on any atom is 0.0916 e. The number of hydrogen-bond donors (Lipinski definition) is 3. The molecule has 31 heavy (non-hydrogen) atoms. The van der Waals surface area contributed by atoms with Gasteiger partial charge in [-0.2, -0.15) is 0 Å². The van der Waals surface area contributed by atoms with Crippen LogP contribution in [0.3, 0.4) is 0 Å². The Labute approximate surface area is 190 Å². The Morgan fingerprint density at radius 3 is 2.39 bits per heavy atom. The van der Waals surface area contributed by atoms with E-state index in [-0.39, 0.29) is 16.7 Å². The number of aliphatic hydroxyl groups is 3. The van der Waals surface area contributed by atoms with Crippen LogP contribution in [0.5, 0.6) is 0 Å². The largest absolute Gasteiger partial charge is 0.390 e. The van der Waals surface area contributed by atoms with Crippen molar-refractivity contribution in [3.63, 3.8) is 0 Å². The smallest absolute Gasteiger partial charge is 0.0916 e. The first kappa shape index (κ1) is 23.5. The van der Waals surface area contributed by atoms with Gasteiger partial charge < -0.3 is 15.3 Å². The lowest BCUT2D eigenvalue weighted by atomic mass is 9.45. The molecule has 4 rings (SSSR count). The summed E-state index contributed by atoms with van der Waals surface area (Å²) in [7, 11) is 0. The average molecular weight is 431 g/mol. The van der Waals surface area contributed by atoms with E-state index in [0.717, 1.165) is 19.3 Å². The molecule has 0 saturated heterocycles. The molecule has 3 fully saturated rings. The Balaban J connectivity index is 1.60. The van der Waals surface area contributed by atoms with Gasteiger partial charge in [0.25, 0.3) is 0 Å². The molecule has 0 aromatic rings. The highest BCUT2D eigenvalue weighted by Crippen LogP contribution is 2.68. The molecule has 1 unspecified atom stereocenters. The Kier molecular flexibility index (Phi) is 6.06. The second kappa shape index (κ2) is 7.99. The summed E-state index contributed by atoms with van der Waals surface area (Å²) in [6, 6.07) is 0. The SMILES string of the molecule is CC(C)[C@@H](C)/C=C/[C@@H](C)[C@H]1CC[C@H]2C3=CCC4C[C@H](O)[C@@H](O)C[C@]4(C)[C@@]3(O)CC[C@]12C. The van der Waals surface area contributed by atoms with Gasteiger partial charge >= 0.3 is 0 Å². The van der Waals surface area contributed by atoms with Crippen molar-refractivity contribution in [2.24, 2.45) is 46.3 Å². The molecule has 176 valence electrons. The molecule has 0 spiro atoms. The van der Waals surface area contributed by atoms with E-state index in [1.54, 1.807) is 0 Å². The summed E-state index contributed by atoms with van der Waals surface area (Å²) in [4.78, 5) is 0. The predicted molar refractivity (Wildman–Crippen MR) is 126 cm³/mol. The summed E-state index contributed by atoms with van der Waals surface area (Å²) in [5, 5.41) is 33.0. The molecular formula is C28H46O3. The molecular weight excluding hydrogens is 384 g/mol. The highest BCUT2D eigenvalue weighted by molar-refractivity contribution is 5.35. The van der Waals surface area contributed by atoms with Gasteiger partial charge in [0.15, 0.2) is 0 Å². The minimum Gasteiger partial charge on any atom is -0.390 e. The number of aliphatic hydroxyl groups excluding tert-OH is 2. The van der Waals surface area contributed by atoms with Crippen LogP contribution in [0.4, 0.5) is 0 Å². The van der Waals surface area contributed by atoms with E-state index >= 15 is 0 Å². The molecule has 4 aliphatic carbocycles. The van der Waals surface area contributed by atoms with E-state index in [1.807, 2.05) is 0 Å². The summed E-state index contributed by atoms with van der Waals surface area (Å²) in [6.07, 6.45) is 12.1. The minimum atomic E-state index is -0.832. The van der Waals surface area contributed by atoms with Crippen molar-refractivity contribution in [1.82, 2.24) is 0 Å². The fourth-order valence-electron chi connectivity index (χ4n) is 8.09. The maximum atomic E-state index is 12.2. The monoisotopic (exact) mass is 430 g/mol. The van der Waals surface area contributed by atoms with Crippen LogP contribution in [0.1, 0.15) is 86.5 Å². The number of allylic oxidation sites excluding steroid dienone is 3. The quantitative estimate of drug-likeness (QED) is 0.516. The van der Waals surface area contributed by atoms with E-state index in [1.165, 1.54) is 18.4 Å². The molecule has 3 saturated carbocycles. The zero-order valence-electron chi connectivity index (χ0n) is 20.6. The Morgan fingerprint density at radius 2 is 1.71 bits per heavy atom. The normalized spacial score (nSPS) is 49.4. The zero-order valence-corrected chi connectivity index (χ0v) is 20.6. The van der Waals surface area contributed by atoms with Crippen LogP contribution in [0.25, 0.3) is 0 Å². The van der Waals surface area contributed by atoms with E-state index in [9.17, 15) is 15.3 Å². The zero-order chi connectivity index (χ0) is 22.8. The van der Waals surface area contributed by atoms with E-state index in [0.29, 0.717) is 42.4 Å². The lowest BCUT2D eigenvalue weighted by molar-refractivity contribution is -0.180. The summed E-state index contributed by atoms with van der Waals surface area (Å²) < 4.78 is 0. The summed E-state index contributed by atoms with van der Waals surface area (Å²) in [5.74, 6) is 3.18. The third kappa shape index (κ3) is 3.49. The van der Waals surface area contributed by atoms with Gasteiger partial charge in [-0.15, -0.1) is 0 Å². The van der Waals surface area contributed by atoms with Crippen molar-refractivity contribution in [3.8, 4) is 0 Å². The van der Waals surface area contributed by atoms with Crippen molar-refractivity contribution >= 4 is 0 Å². The summed E-state index contributed by atoms with van der Waals surface area (Å²) in [5.41, 5.74) is 0.339. The molecule has 3 heteroatoms. The van der Waals surface area contributed by atoms with E-state index in [4.69, 9.17) is 0 Å². The number of hydrogen-bond acceptors (Lipinski definition) is 3. The van der Waals surface area contributed by atoms with E-state index in [2.05, 4.69) is 59.8 Å².